The highest BCUT2D eigenvalue weighted by molar-refractivity contribution is 6.25. The summed E-state index contributed by atoms with van der Waals surface area (Å²) in [4.78, 5) is 17.2. The third-order valence-electron chi connectivity index (χ3n) is 3.08. The number of halogens is 1. The number of hydrogen-bond acceptors (Lipinski definition) is 4. The van der Waals surface area contributed by atoms with Gasteiger partial charge >= 0.3 is 0 Å². The zero-order valence-electron chi connectivity index (χ0n) is 11.6. The molecule has 0 aromatic rings. The summed E-state index contributed by atoms with van der Waals surface area (Å²) < 4.78 is 0. The topological polar surface area (TPSA) is 58.9 Å². The molecule has 0 aromatic heterocycles. The second kappa shape index (κ2) is 8.59. The molecule has 4 nitrogen and oxygen atoms in total. The number of Topliss-reactive ketones (excluding diaryl/α,β-unsaturated/α-hetero) is 1. The van der Waals surface area contributed by atoms with Gasteiger partial charge in [-0.2, -0.15) is 0 Å². The van der Waals surface area contributed by atoms with E-state index in [2.05, 4.69) is 11.7 Å². The minimum Gasteiger partial charge on any atom is -0.511 e. The maximum Gasteiger partial charge on any atom is 0.168 e. The first-order valence-electron chi connectivity index (χ1n) is 6.64. The molecule has 0 saturated carbocycles. The van der Waals surface area contributed by atoms with Gasteiger partial charge in [0.15, 0.2) is 5.78 Å². The first-order chi connectivity index (χ1) is 9.63. The number of oxime groups is 1. The third-order valence-corrected chi connectivity index (χ3v) is 3.26. The predicted molar refractivity (Wildman–Crippen MR) is 80.9 cm³/mol. The summed E-state index contributed by atoms with van der Waals surface area (Å²) in [6, 6.07) is 0. The fraction of sp³-hybridized carbons (Fsp3) is 0.467. The summed E-state index contributed by atoms with van der Waals surface area (Å²) in [5, 5.41) is 14.0. The molecule has 0 aliphatic heterocycles. The van der Waals surface area contributed by atoms with Crippen molar-refractivity contribution in [3.05, 3.63) is 35.6 Å². The van der Waals surface area contributed by atoms with Crippen LogP contribution in [0.4, 0.5) is 0 Å². The molecule has 0 amide bonds. The molecule has 0 radical (unpaired) electrons. The number of aliphatic hydroxyl groups excluding tert-OH is 1. The standard InChI is InChI=1S/C15H20ClNO3/c1-3-6-11-9-13(18)15(14(19)10-11)12(4-2)17-20-8-5-7-16/h3,5,7,11,18H,1,4,6,8-10H2,2H3/b7-5+,17-12+. The smallest absolute Gasteiger partial charge is 0.168 e. The van der Waals surface area contributed by atoms with Crippen molar-refractivity contribution < 1.29 is 14.7 Å². The van der Waals surface area contributed by atoms with Gasteiger partial charge in [0, 0.05) is 18.4 Å². The molecular formula is C15H20ClNO3. The number of carbonyl (C=O) groups excluding carboxylic acids is 1. The largest absolute Gasteiger partial charge is 0.511 e. The Morgan fingerprint density at radius 3 is 2.90 bits per heavy atom. The van der Waals surface area contributed by atoms with Gasteiger partial charge in [-0.3, -0.25) is 4.79 Å². The van der Waals surface area contributed by atoms with Gasteiger partial charge in [0.05, 0.1) is 11.3 Å². The van der Waals surface area contributed by atoms with E-state index in [1.54, 1.807) is 12.2 Å². The molecule has 110 valence electrons. The van der Waals surface area contributed by atoms with Crippen LogP contribution < -0.4 is 0 Å². The Morgan fingerprint density at radius 2 is 2.35 bits per heavy atom. The molecule has 0 aromatic carbocycles. The van der Waals surface area contributed by atoms with Crippen molar-refractivity contribution in [2.75, 3.05) is 6.61 Å². The lowest BCUT2D eigenvalue weighted by Gasteiger charge is -2.22. The maximum absolute atomic E-state index is 12.2. The molecule has 0 saturated heterocycles. The van der Waals surface area contributed by atoms with Crippen LogP contribution in [0.25, 0.3) is 0 Å². The summed E-state index contributed by atoms with van der Waals surface area (Å²) in [5.74, 6) is 0.143. The minimum atomic E-state index is -0.0855. The van der Waals surface area contributed by atoms with Crippen molar-refractivity contribution in [3.8, 4) is 0 Å². The molecule has 0 spiro atoms. The van der Waals surface area contributed by atoms with Crippen molar-refractivity contribution in [1.82, 2.24) is 0 Å². The normalized spacial score (nSPS) is 20.6. The third kappa shape index (κ3) is 4.53. The lowest BCUT2D eigenvalue weighted by molar-refractivity contribution is -0.116. The number of carbonyl (C=O) groups is 1. The lowest BCUT2D eigenvalue weighted by atomic mass is 9.83. The molecule has 1 aliphatic carbocycles. The van der Waals surface area contributed by atoms with E-state index in [1.165, 1.54) is 5.54 Å². The first kappa shape index (κ1) is 16.5. The van der Waals surface area contributed by atoms with E-state index < -0.39 is 0 Å². The highest BCUT2D eigenvalue weighted by Crippen LogP contribution is 2.29. The van der Waals surface area contributed by atoms with Crippen molar-refractivity contribution in [1.29, 1.82) is 0 Å². The van der Waals surface area contributed by atoms with Crippen molar-refractivity contribution in [2.24, 2.45) is 11.1 Å². The predicted octanol–water partition coefficient (Wildman–Crippen LogP) is 3.89. The maximum atomic E-state index is 12.2. The Kier molecular flexibility index (Phi) is 7.09. The van der Waals surface area contributed by atoms with E-state index in [-0.39, 0.29) is 24.1 Å². The average molecular weight is 298 g/mol. The lowest BCUT2D eigenvalue weighted by Crippen LogP contribution is -2.24. The highest BCUT2D eigenvalue weighted by Gasteiger charge is 2.29. The average Bonchev–Trinajstić information content (AvgIpc) is 2.41. The highest BCUT2D eigenvalue weighted by atomic mass is 35.5. The summed E-state index contributed by atoms with van der Waals surface area (Å²) in [6.45, 7) is 5.76. The van der Waals surface area contributed by atoms with E-state index in [1.807, 2.05) is 6.92 Å². The van der Waals surface area contributed by atoms with Gasteiger partial charge in [-0.05, 0) is 24.8 Å². The Hall–Kier alpha value is -1.55. The zero-order valence-corrected chi connectivity index (χ0v) is 12.4. The van der Waals surface area contributed by atoms with Gasteiger partial charge in [-0.25, -0.2) is 0 Å². The molecule has 20 heavy (non-hydrogen) atoms. The van der Waals surface area contributed by atoms with Gasteiger partial charge in [0.25, 0.3) is 0 Å². The monoisotopic (exact) mass is 297 g/mol. The van der Waals surface area contributed by atoms with Crippen LogP contribution in [0, 0.1) is 5.92 Å². The Balaban J connectivity index is 2.87. The van der Waals surface area contributed by atoms with E-state index in [9.17, 15) is 9.90 Å². The number of ketones is 1. The molecule has 0 heterocycles. The molecular weight excluding hydrogens is 278 g/mol. The second-order valence-corrected chi connectivity index (χ2v) is 4.84. The number of allylic oxidation sites excluding steroid dienone is 3. The molecule has 0 fully saturated rings. The Labute approximate surface area is 124 Å². The molecule has 1 unspecified atom stereocenters. The summed E-state index contributed by atoms with van der Waals surface area (Å²) in [5.41, 5.74) is 2.12. The van der Waals surface area contributed by atoms with Crippen LogP contribution in [-0.4, -0.2) is 23.2 Å². The number of nitrogens with zero attached hydrogens (tertiary/aromatic N) is 1. The van der Waals surface area contributed by atoms with Crippen LogP contribution in [-0.2, 0) is 9.63 Å². The van der Waals surface area contributed by atoms with Gasteiger partial charge in [-0.1, -0.05) is 29.8 Å². The molecule has 1 atom stereocenters. The molecule has 1 aliphatic rings. The van der Waals surface area contributed by atoms with Crippen molar-refractivity contribution in [3.63, 3.8) is 0 Å². The van der Waals surface area contributed by atoms with Crippen LogP contribution >= 0.6 is 11.6 Å². The zero-order chi connectivity index (χ0) is 15.0. The SMILES string of the molecule is C=CCC1CC(=O)C(/C(CC)=N/OC/C=C/Cl)=C(O)C1. The van der Waals surface area contributed by atoms with Gasteiger partial charge in [0.1, 0.15) is 12.4 Å². The second-order valence-electron chi connectivity index (χ2n) is 4.59. The van der Waals surface area contributed by atoms with Crippen LogP contribution in [0.1, 0.15) is 32.6 Å². The van der Waals surface area contributed by atoms with Crippen molar-refractivity contribution in [2.45, 2.75) is 32.6 Å². The van der Waals surface area contributed by atoms with Gasteiger partial charge in [-0.15, -0.1) is 6.58 Å². The fourth-order valence-electron chi connectivity index (χ4n) is 2.18. The van der Waals surface area contributed by atoms with Crippen molar-refractivity contribution >= 4 is 23.1 Å². The van der Waals surface area contributed by atoms with Crippen LogP contribution in [0.3, 0.4) is 0 Å². The fourth-order valence-corrected chi connectivity index (χ4v) is 2.26. The van der Waals surface area contributed by atoms with Crippen LogP contribution in [0.5, 0.6) is 0 Å². The summed E-state index contributed by atoms with van der Waals surface area (Å²) in [6.07, 6.45) is 5.49. The first-order valence-corrected chi connectivity index (χ1v) is 7.08. The molecule has 1 rings (SSSR count). The molecule has 5 heteroatoms. The van der Waals surface area contributed by atoms with Crippen LogP contribution in [0.15, 0.2) is 40.8 Å². The number of hydrogen-bond donors (Lipinski definition) is 1. The van der Waals surface area contributed by atoms with E-state index >= 15 is 0 Å². The Bertz CT molecular complexity index is 452. The summed E-state index contributed by atoms with van der Waals surface area (Å²) >= 11 is 5.37. The number of aliphatic hydroxyl groups is 1. The Morgan fingerprint density at radius 1 is 1.60 bits per heavy atom. The molecule has 0 bridgehead atoms. The number of rotatable bonds is 7. The van der Waals surface area contributed by atoms with E-state index in [4.69, 9.17) is 16.4 Å². The minimum absolute atomic E-state index is 0.0855. The van der Waals surface area contributed by atoms with Gasteiger partial charge in [0.2, 0.25) is 0 Å². The quantitative estimate of drug-likeness (QED) is 0.336. The molecule has 1 N–H and O–H groups in total. The van der Waals surface area contributed by atoms with E-state index in [0.29, 0.717) is 30.5 Å². The van der Waals surface area contributed by atoms with E-state index in [0.717, 1.165) is 6.42 Å². The van der Waals surface area contributed by atoms with Crippen LogP contribution in [0.2, 0.25) is 0 Å². The van der Waals surface area contributed by atoms with Gasteiger partial charge < -0.3 is 9.94 Å². The summed E-state index contributed by atoms with van der Waals surface area (Å²) in [7, 11) is 0.